The zero-order valence-electron chi connectivity index (χ0n) is 17.2. The first-order valence-electron chi connectivity index (χ1n) is 9.20. The van der Waals surface area contributed by atoms with Gasteiger partial charge < -0.3 is 24.8 Å². The monoisotopic (exact) mass is 536 g/mol. The Balaban J connectivity index is 0.00000450. The van der Waals surface area contributed by atoms with Crippen LogP contribution in [0.15, 0.2) is 41.5 Å². The van der Waals surface area contributed by atoms with Crippen molar-refractivity contribution in [3.8, 4) is 17.4 Å². The molecule has 166 valence electrons. The Morgan fingerprint density at radius 1 is 1.17 bits per heavy atom. The molecular weight excluding hydrogens is 509 g/mol. The highest BCUT2D eigenvalue weighted by atomic mass is 127. The smallest absolute Gasteiger partial charge is 0.387 e. The molecule has 2 N–H and O–H groups in total. The Bertz CT molecular complexity index is 809. The van der Waals surface area contributed by atoms with Gasteiger partial charge in [-0.15, -0.1) is 24.0 Å². The number of pyridine rings is 1. The van der Waals surface area contributed by atoms with E-state index < -0.39 is 6.61 Å². The SMILES string of the molecule is CCCOc1ccc(CNC(=NC)NCc2cccnc2OC)c(OC(F)F)c1.I. The van der Waals surface area contributed by atoms with Crippen molar-refractivity contribution in [3.05, 3.63) is 47.7 Å². The predicted molar refractivity (Wildman–Crippen MR) is 122 cm³/mol. The zero-order chi connectivity index (χ0) is 21.1. The molecule has 10 heteroatoms. The van der Waals surface area contributed by atoms with Gasteiger partial charge in [0.1, 0.15) is 11.5 Å². The van der Waals surface area contributed by atoms with Crippen LogP contribution in [0.2, 0.25) is 0 Å². The molecule has 0 saturated heterocycles. The maximum Gasteiger partial charge on any atom is 0.387 e. The van der Waals surface area contributed by atoms with Crippen LogP contribution in [0, 0.1) is 0 Å². The summed E-state index contributed by atoms with van der Waals surface area (Å²) in [6, 6.07) is 8.58. The molecule has 0 saturated carbocycles. The summed E-state index contributed by atoms with van der Waals surface area (Å²) >= 11 is 0. The Hall–Kier alpha value is -2.37. The normalized spacial score (nSPS) is 10.9. The zero-order valence-corrected chi connectivity index (χ0v) is 19.5. The summed E-state index contributed by atoms with van der Waals surface area (Å²) in [5.74, 6) is 1.55. The number of aromatic nitrogens is 1. The summed E-state index contributed by atoms with van der Waals surface area (Å²) < 4.78 is 40.9. The van der Waals surface area contributed by atoms with Gasteiger partial charge in [0.2, 0.25) is 5.88 Å². The Morgan fingerprint density at radius 2 is 1.90 bits per heavy atom. The molecule has 1 aromatic carbocycles. The van der Waals surface area contributed by atoms with Gasteiger partial charge in [-0.25, -0.2) is 4.98 Å². The second-order valence-electron chi connectivity index (χ2n) is 5.95. The highest BCUT2D eigenvalue weighted by Crippen LogP contribution is 2.26. The quantitative estimate of drug-likeness (QED) is 0.272. The van der Waals surface area contributed by atoms with E-state index in [0.29, 0.717) is 36.3 Å². The average molecular weight is 536 g/mol. The molecule has 2 aromatic rings. The van der Waals surface area contributed by atoms with E-state index in [2.05, 4.69) is 25.3 Å². The van der Waals surface area contributed by atoms with Gasteiger partial charge in [0, 0.05) is 43.5 Å². The lowest BCUT2D eigenvalue weighted by Crippen LogP contribution is -2.36. The molecule has 0 spiro atoms. The first-order valence-corrected chi connectivity index (χ1v) is 9.20. The topological polar surface area (TPSA) is 77.0 Å². The largest absolute Gasteiger partial charge is 0.493 e. The van der Waals surface area contributed by atoms with Crippen LogP contribution >= 0.6 is 24.0 Å². The maximum atomic E-state index is 12.8. The van der Waals surface area contributed by atoms with Crippen LogP contribution in [0.25, 0.3) is 0 Å². The molecule has 0 bridgehead atoms. The second-order valence-corrected chi connectivity index (χ2v) is 5.95. The van der Waals surface area contributed by atoms with Crippen LogP contribution in [-0.2, 0) is 13.1 Å². The van der Waals surface area contributed by atoms with Crippen LogP contribution in [0.1, 0.15) is 24.5 Å². The van der Waals surface area contributed by atoms with Crippen LogP contribution in [0.4, 0.5) is 8.78 Å². The van der Waals surface area contributed by atoms with Gasteiger partial charge in [-0.3, -0.25) is 4.99 Å². The first-order chi connectivity index (χ1) is 14.1. The van der Waals surface area contributed by atoms with E-state index in [4.69, 9.17) is 9.47 Å². The molecule has 0 aliphatic rings. The number of guanidine groups is 1. The number of nitrogens with zero attached hydrogens (tertiary/aromatic N) is 2. The summed E-state index contributed by atoms with van der Waals surface area (Å²) in [5, 5.41) is 6.22. The number of hydrogen-bond donors (Lipinski definition) is 2. The van der Waals surface area contributed by atoms with E-state index in [0.717, 1.165) is 12.0 Å². The average Bonchev–Trinajstić information content (AvgIpc) is 2.73. The van der Waals surface area contributed by atoms with Gasteiger partial charge in [-0.2, -0.15) is 8.78 Å². The fraction of sp³-hybridized carbons (Fsp3) is 0.400. The summed E-state index contributed by atoms with van der Waals surface area (Å²) in [6.07, 6.45) is 2.46. The molecule has 0 amide bonds. The number of hydrogen-bond acceptors (Lipinski definition) is 5. The molecule has 7 nitrogen and oxygen atoms in total. The minimum atomic E-state index is -2.93. The lowest BCUT2D eigenvalue weighted by atomic mass is 10.2. The van der Waals surface area contributed by atoms with E-state index in [1.165, 1.54) is 6.07 Å². The molecule has 0 atom stereocenters. The van der Waals surface area contributed by atoms with Crippen LogP contribution < -0.4 is 24.8 Å². The number of alkyl halides is 2. The molecule has 2 rings (SSSR count). The number of ether oxygens (including phenoxy) is 3. The number of methoxy groups -OCH3 is 1. The van der Waals surface area contributed by atoms with Crippen LogP contribution in [0.3, 0.4) is 0 Å². The number of nitrogens with one attached hydrogen (secondary N) is 2. The number of halogens is 3. The molecule has 0 unspecified atom stereocenters. The molecule has 1 heterocycles. The van der Waals surface area contributed by atoms with Crippen molar-refractivity contribution < 1.29 is 23.0 Å². The van der Waals surface area contributed by atoms with Crippen molar-refractivity contribution in [2.24, 2.45) is 4.99 Å². The number of aliphatic imine (C=N–C) groups is 1. The van der Waals surface area contributed by atoms with Crippen molar-refractivity contribution in [2.45, 2.75) is 33.0 Å². The van der Waals surface area contributed by atoms with Gasteiger partial charge >= 0.3 is 6.61 Å². The third-order valence-corrected chi connectivity index (χ3v) is 3.89. The van der Waals surface area contributed by atoms with E-state index in [1.807, 2.05) is 19.1 Å². The molecule has 30 heavy (non-hydrogen) atoms. The van der Waals surface area contributed by atoms with Crippen molar-refractivity contribution in [1.29, 1.82) is 0 Å². The highest BCUT2D eigenvalue weighted by molar-refractivity contribution is 14.0. The second kappa shape index (κ2) is 13.8. The third-order valence-electron chi connectivity index (χ3n) is 3.89. The summed E-state index contributed by atoms with van der Waals surface area (Å²) in [5.41, 5.74) is 1.41. The lowest BCUT2D eigenvalue weighted by molar-refractivity contribution is -0.0505. The predicted octanol–water partition coefficient (Wildman–Crippen LogP) is 3.96. The van der Waals surface area contributed by atoms with Gasteiger partial charge in [0.05, 0.1) is 13.7 Å². The summed E-state index contributed by atoms with van der Waals surface area (Å²) in [7, 11) is 3.17. The standard InChI is InChI=1S/C20H26F2N4O3.HI/c1-4-10-28-16-8-7-14(17(11-16)29-19(21)22)12-25-20(23-2)26-13-15-6-5-9-24-18(15)27-3;/h5-9,11,19H,4,10,12-13H2,1-3H3,(H2,23,25,26);1H. The highest BCUT2D eigenvalue weighted by Gasteiger charge is 2.12. The molecule has 0 radical (unpaired) electrons. The minimum absolute atomic E-state index is 0. The Labute approximate surface area is 192 Å². The fourth-order valence-electron chi connectivity index (χ4n) is 2.52. The van der Waals surface area contributed by atoms with Crippen molar-refractivity contribution in [3.63, 3.8) is 0 Å². The van der Waals surface area contributed by atoms with E-state index in [1.54, 1.807) is 32.5 Å². The third kappa shape index (κ3) is 8.17. The van der Waals surface area contributed by atoms with Gasteiger partial charge in [0.25, 0.3) is 0 Å². The van der Waals surface area contributed by atoms with Crippen LogP contribution in [-0.4, -0.2) is 38.3 Å². The maximum absolute atomic E-state index is 12.8. The van der Waals surface area contributed by atoms with Gasteiger partial charge in [-0.1, -0.05) is 13.0 Å². The van der Waals surface area contributed by atoms with Crippen LogP contribution in [0.5, 0.6) is 17.4 Å². The van der Waals surface area contributed by atoms with E-state index in [-0.39, 0.29) is 36.3 Å². The molecule has 0 aliphatic heterocycles. The van der Waals surface area contributed by atoms with E-state index in [9.17, 15) is 8.78 Å². The van der Waals surface area contributed by atoms with Crippen molar-refractivity contribution in [1.82, 2.24) is 15.6 Å². The van der Waals surface area contributed by atoms with Crippen molar-refractivity contribution >= 4 is 29.9 Å². The molecule has 0 fully saturated rings. The molecule has 1 aromatic heterocycles. The first kappa shape index (κ1) is 25.7. The van der Waals surface area contributed by atoms with Crippen molar-refractivity contribution in [2.75, 3.05) is 20.8 Å². The number of benzene rings is 1. The fourth-order valence-corrected chi connectivity index (χ4v) is 2.52. The minimum Gasteiger partial charge on any atom is -0.493 e. The summed E-state index contributed by atoms with van der Waals surface area (Å²) in [6.45, 7) is 0.209. The Morgan fingerprint density at radius 3 is 2.53 bits per heavy atom. The lowest BCUT2D eigenvalue weighted by Gasteiger charge is -2.16. The molecular formula is C20H27F2IN4O3. The summed E-state index contributed by atoms with van der Waals surface area (Å²) in [4.78, 5) is 8.28. The van der Waals surface area contributed by atoms with E-state index >= 15 is 0 Å². The Kier molecular flexibility index (Phi) is 11.8. The number of rotatable bonds is 10. The van der Waals surface area contributed by atoms with Gasteiger partial charge in [-0.05, 0) is 24.6 Å². The molecule has 0 aliphatic carbocycles. The van der Waals surface area contributed by atoms with Gasteiger partial charge in [0.15, 0.2) is 5.96 Å².